The summed E-state index contributed by atoms with van der Waals surface area (Å²) in [5, 5.41) is 4.11. The van der Waals surface area contributed by atoms with Gasteiger partial charge in [-0.2, -0.15) is 5.10 Å². The van der Waals surface area contributed by atoms with Crippen LogP contribution in [0, 0.1) is 0 Å². The Labute approximate surface area is 128 Å². The van der Waals surface area contributed by atoms with E-state index in [0.29, 0.717) is 12.4 Å². The maximum Gasteiger partial charge on any atom is 0.241 e. The molecule has 2 aliphatic rings. The zero-order valence-corrected chi connectivity index (χ0v) is 12.7. The van der Waals surface area contributed by atoms with Crippen LogP contribution in [0.25, 0.3) is 0 Å². The van der Waals surface area contributed by atoms with Crippen LogP contribution in [0.1, 0.15) is 30.3 Å². The molecule has 1 aromatic carbocycles. The summed E-state index contributed by atoms with van der Waals surface area (Å²) in [7, 11) is -3.59. The summed E-state index contributed by atoms with van der Waals surface area (Å²) in [5.41, 5.74) is 0.940. The molecule has 3 heterocycles. The van der Waals surface area contributed by atoms with Gasteiger partial charge in [0, 0.05) is 13.0 Å². The van der Waals surface area contributed by atoms with Crippen molar-refractivity contribution < 1.29 is 13.2 Å². The van der Waals surface area contributed by atoms with E-state index < -0.39 is 10.0 Å². The first-order valence-corrected chi connectivity index (χ1v) is 8.77. The zero-order chi connectivity index (χ0) is 15.2. The van der Waals surface area contributed by atoms with Crippen LogP contribution in [0.4, 0.5) is 0 Å². The molecule has 7 nitrogen and oxygen atoms in total. The fourth-order valence-electron chi connectivity index (χ4n) is 2.99. The molecule has 1 N–H and O–H groups in total. The molecule has 0 saturated carbocycles. The number of hydrogen-bond acceptors (Lipinski definition) is 5. The van der Waals surface area contributed by atoms with Gasteiger partial charge in [0.1, 0.15) is 17.9 Å². The van der Waals surface area contributed by atoms with Crippen molar-refractivity contribution in [3.63, 3.8) is 0 Å². The van der Waals surface area contributed by atoms with Crippen LogP contribution in [0.3, 0.4) is 0 Å². The molecule has 8 heteroatoms. The number of fused-ring (bicyclic) bond motifs is 2. The Balaban J connectivity index is 1.63. The summed E-state index contributed by atoms with van der Waals surface area (Å²) < 4.78 is 35.2. The standard InChI is InChI=1S/C14H16N4O3S/c19-22(20,11-3-4-13-10(8-11)5-7-21-13)17-12-2-1-6-18-14(12)15-9-16-18/h3-4,8-9,12,17H,1-2,5-7H2. The van der Waals surface area contributed by atoms with Gasteiger partial charge in [-0.25, -0.2) is 22.8 Å². The minimum atomic E-state index is -3.59. The highest BCUT2D eigenvalue weighted by Gasteiger charge is 2.28. The van der Waals surface area contributed by atoms with Crippen molar-refractivity contribution in [2.45, 2.75) is 36.7 Å². The lowest BCUT2D eigenvalue weighted by Gasteiger charge is -2.23. The third-order valence-corrected chi connectivity index (χ3v) is 5.56. The SMILES string of the molecule is O=S(=O)(NC1CCCn2ncnc21)c1ccc2c(c1)CCO2. The van der Waals surface area contributed by atoms with Crippen molar-refractivity contribution in [2.75, 3.05) is 6.61 Å². The van der Waals surface area contributed by atoms with Crippen LogP contribution in [0.5, 0.6) is 5.75 Å². The third-order valence-electron chi connectivity index (χ3n) is 4.09. The molecular weight excluding hydrogens is 304 g/mol. The van der Waals surface area contributed by atoms with Gasteiger partial charge in [0.2, 0.25) is 10.0 Å². The fourth-order valence-corrected chi connectivity index (χ4v) is 4.27. The molecule has 0 fully saturated rings. The number of aryl methyl sites for hydroxylation is 1. The minimum Gasteiger partial charge on any atom is -0.493 e. The summed E-state index contributed by atoms with van der Waals surface area (Å²) in [5.74, 6) is 1.45. The Morgan fingerprint density at radius 2 is 2.27 bits per heavy atom. The van der Waals surface area contributed by atoms with Gasteiger partial charge in [0.15, 0.2) is 0 Å². The lowest BCUT2D eigenvalue weighted by molar-refractivity contribution is 0.356. The van der Waals surface area contributed by atoms with E-state index in [2.05, 4.69) is 14.8 Å². The number of nitrogens with one attached hydrogen (secondary N) is 1. The molecule has 4 rings (SSSR count). The van der Waals surface area contributed by atoms with Crippen LogP contribution in [-0.4, -0.2) is 29.8 Å². The number of aromatic nitrogens is 3. The van der Waals surface area contributed by atoms with Gasteiger partial charge in [-0.1, -0.05) is 0 Å². The molecule has 2 aromatic rings. The van der Waals surface area contributed by atoms with E-state index in [0.717, 1.165) is 37.1 Å². The predicted octanol–water partition coefficient (Wildman–Crippen LogP) is 1.03. The fraction of sp³-hybridized carbons (Fsp3) is 0.429. The van der Waals surface area contributed by atoms with Crippen molar-refractivity contribution in [1.29, 1.82) is 0 Å². The predicted molar refractivity (Wildman–Crippen MR) is 78.0 cm³/mol. The summed E-state index contributed by atoms with van der Waals surface area (Å²) in [6.07, 6.45) is 3.82. The number of hydrogen-bond donors (Lipinski definition) is 1. The summed E-state index contributed by atoms with van der Waals surface area (Å²) in [6, 6.07) is 4.67. The van der Waals surface area contributed by atoms with Crippen molar-refractivity contribution in [3.8, 4) is 5.75 Å². The van der Waals surface area contributed by atoms with Crippen LogP contribution >= 0.6 is 0 Å². The van der Waals surface area contributed by atoms with Crippen LogP contribution in [-0.2, 0) is 23.0 Å². The summed E-state index contributed by atoms with van der Waals surface area (Å²) in [4.78, 5) is 4.45. The minimum absolute atomic E-state index is 0.272. The maximum absolute atomic E-state index is 12.6. The molecule has 2 aliphatic heterocycles. The number of ether oxygens (including phenoxy) is 1. The molecule has 1 atom stereocenters. The number of rotatable bonds is 3. The quantitative estimate of drug-likeness (QED) is 0.913. The van der Waals surface area contributed by atoms with E-state index in [1.54, 1.807) is 22.9 Å². The van der Waals surface area contributed by atoms with E-state index in [-0.39, 0.29) is 10.9 Å². The lowest BCUT2D eigenvalue weighted by Crippen LogP contribution is -2.33. The Bertz CT molecular complexity index is 815. The van der Waals surface area contributed by atoms with E-state index in [9.17, 15) is 8.42 Å². The van der Waals surface area contributed by atoms with Crippen molar-refractivity contribution in [3.05, 3.63) is 35.9 Å². The van der Waals surface area contributed by atoms with Gasteiger partial charge in [-0.3, -0.25) is 0 Å². The average Bonchev–Trinajstić information content (AvgIpc) is 3.15. The van der Waals surface area contributed by atoms with Gasteiger partial charge in [-0.15, -0.1) is 0 Å². The van der Waals surface area contributed by atoms with Crippen molar-refractivity contribution in [2.24, 2.45) is 0 Å². The van der Waals surface area contributed by atoms with E-state index in [1.165, 1.54) is 6.33 Å². The van der Waals surface area contributed by atoms with Gasteiger partial charge in [0.25, 0.3) is 0 Å². The highest BCUT2D eigenvalue weighted by molar-refractivity contribution is 7.89. The largest absolute Gasteiger partial charge is 0.493 e. The highest BCUT2D eigenvalue weighted by atomic mass is 32.2. The molecule has 1 unspecified atom stereocenters. The Kier molecular flexibility index (Phi) is 3.16. The third kappa shape index (κ3) is 2.28. The molecule has 1 aromatic heterocycles. The van der Waals surface area contributed by atoms with Crippen LogP contribution < -0.4 is 9.46 Å². The van der Waals surface area contributed by atoms with Gasteiger partial charge >= 0.3 is 0 Å². The topological polar surface area (TPSA) is 86.1 Å². The summed E-state index contributed by atoms with van der Waals surface area (Å²) in [6.45, 7) is 1.39. The number of benzene rings is 1. The molecule has 0 spiro atoms. The Morgan fingerprint density at radius 1 is 1.36 bits per heavy atom. The van der Waals surface area contributed by atoms with E-state index >= 15 is 0 Å². The first kappa shape index (κ1) is 13.7. The molecular formula is C14H16N4O3S. The molecule has 0 bridgehead atoms. The normalized spacial score (nSPS) is 20.3. The molecule has 0 aliphatic carbocycles. The van der Waals surface area contributed by atoms with Gasteiger partial charge in [0.05, 0.1) is 17.5 Å². The van der Waals surface area contributed by atoms with Gasteiger partial charge in [-0.05, 0) is 36.6 Å². The molecule has 0 radical (unpaired) electrons. The zero-order valence-electron chi connectivity index (χ0n) is 11.9. The second-order valence-electron chi connectivity index (χ2n) is 5.53. The van der Waals surface area contributed by atoms with E-state index in [1.807, 2.05) is 0 Å². The molecule has 116 valence electrons. The second kappa shape index (κ2) is 5.06. The second-order valence-corrected chi connectivity index (χ2v) is 7.24. The Hall–Kier alpha value is -1.93. The van der Waals surface area contributed by atoms with E-state index in [4.69, 9.17) is 4.74 Å². The van der Waals surface area contributed by atoms with Crippen molar-refractivity contribution >= 4 is 10.0 Å². The smallest absolute Gasteiger partial charge is 0.241 e. The first-order chi connectivity index (χ1) is 10.6. The van der Waals surface area contributed by atoms with Crippen molar-refractivity contribution in [1.82, 2.24) is 19.5 Å². The highest BCUT2D eigenvalue weighted by Crippen LogP contribution is 2.29. The lowest BCUT2D eigenvalue weighted by atomic mass is 10.1. The molecule has 22 heavy (non-hydrogen) atoms. The molecule has 0 saturated heterocycles. The van der Waals surface area contributed by atoms with Crippen LogP contribution in [0.15, 0.2) is 29.4 Å². The van der Waals surface area contributed by atoms with Gasteiger partial charge < -0.3 is 4.74 Å². The number of sulfonamides is 1. The first-order valence-electron chi connectivity index (χ1n) is 7.29. The maximum atomic E-state index is 12.6. The molecule has 0 amide bonds. The average molecular weight is 320 g/mol. The Morgan fingerprint density at radius 3 is 3.18 bits per heavy atom. The monoisotopic (exact) mass is 320 g/mol. The van der Waals surface area contributed by atoms with Crippen LogP contribution in [0.2, 0.25) is 0 Å². The number of nitrogens with zero attached hydrogens (tertiary/aromatic N) is 3. The summed E-state index contributed by atoms with van der Waals surface area (Å²) >= 11 is 0.